The Bertz CT molecular complexity index is 484. The normalized spacial score (nSPS) is 10.8. The molecule has 2 heterocycles. The summed E-state index contributed by atoms with van der Waals surface area (Å²) in [6, 6.07) is 10.0. The Balaban J connectivity index is 1.96. The molecule has 18 heavy (non-hydrogen) atoms. The molecule has 0 saturated heterocycles. The third kappa shape index (κ3) is 3.61. The second-order valence-electron chi connectivity index (χ2n) is 4.36. The van der Waals surface area contributed by atoms with Crippen molar-refractivity contribution in [1.29, 1.82) is 0 Å². The zero-order valence-corrected chi connectivity index (χ0v) is 10.6. The van der Waals surface area contributed by atoms with Gasteiger partial charge in [0.05, 0.1) is 11.4 Å². The molecule has 0 aliphatic rings. The smallest absolute Gasteiger partial charge is 0.0547 e. The molecule has 4 nitrogen and oxygen atoms in total. The van der Waals surface area contributed by atoms with Crippen LogP contribution in [0.3, 0.4) is 0 Å². The van der Waals surface area contributed by atoms with Crippen LogP contribution in [0.5, 0.6) is 0 Å². The minimum absolute atomic E-state index is 0.486. The molecule has 0 bridgehead atoms. The summed E-state index contributed by atoms with van der Waals surface area (Å²) in [6.45, 7) is 2.16. The zero-order valence-electron chi connectivity index (χ0n) is 10.6. The summed E-state index contributed by atoms with van der Waals surface area (Å²) in [7, 11) is 2.07. The number of rotatable bonds is 5. The molecule has 0 saturated carbocycles. The maximum Gasteiger partial charge on any atom is 0.0547 e. The molecule has 0 atom stereocenters. The van der Waals surface area contributed by atoms with Crippen molar-refractivity contribution in [2.24, 2.45) is 5.73 Å². The fourth-order valence-corrected chi connectivity index (χ4v) is 1.87. The molecule has 0 aliphatic carbocycles. The standard InChI is InChI=1S/C14H18N4/c1-18(10-12-4-3-7-16-9-12)11-14-6-2-5-13(8-15)17-14/h2-7,9H,8,10-11,15H2,1H3. The van der Waals surface area contributed by atoms with Crippen molar-refractivity contribution in [3.8, 4) is 0 Å². The highest BCUT2D eigenvalue weighted by atomic mass is 15.1. The minimum Gasteiger partial charge on any atom is -0.325 e. The summed E-state index contributed by atoms with van der Waals surface area (Å²) in [5, 5.41) is 0. The predicted octanol–water partition coefficient (Wildman–Crippen LogP) is 1.57. The van der Waals surface area contributed by atoms with Crippen LogP contribution in [-0.4, -0.2) is 21.9 Å². The highest BCUT2D eigenvalue weighted by Crippen LogP contribution is 2.06. The van der Waals surface area contributed by atoms with Gasteiger partial charge in [0.25, 0.3) is 0 Å². The Kier molecular flexibility index (Phi) is 4.39. The molecule has 2 aromatic heterocycles. The lowest BCUT2D eigenvalue weighted by Gasteiger charge is -2.16. The van der Waals surface area contributed by atoms with Crippen molar-refractivity contribution in [2.45, 2.75) is 19.6 Å². The lowest BCUT2D eigenvalue weighted by molar-refractivity contribution is 0.314. The number of nitrogens with zero attached hydrogens (tertiary/aromatic N) is 3. The molecule has 0 aliphatic heterocycles. The van der Waals surface area contributed by atoms with E-state index in [4.69, 9.17) is 5.73 Å². The van der Waals surface area contributed by atoms with Crippen LogP contribution in [0, 0.1) is 0 Å². The molecule has 0 aromatic carbocycles. The number of aromatic nitrogens is 2. The molecule has 0 amide bonds. The molecule has 0 unspecified atom stereocenters. The maximum atomic E-state index is 5.59. The number of hydrogen-bond donors (Lipinski definition) is 1. The predicted molar refractivity (Wildman–Crippen MR) is 71.5 cm³/mol. The quantitative estimate of drug-likeness (QED) is 0.864. The van der Waals surface area contributed by atoms with Gasteiger partial charge in [0.15, 0.2) is 0 Å². The average Bonchev–Trinajstić information content (AvgIpc) is 2.40. The molecular weight excluding hydrogens is 224 g/mol. The molecule has 2 N–H and O–H groups in total. The summed E-state index contributed by atoms with van der Waals surface area (Å²) in [4.78, 5) is 10.8. The SMILES string of the molecule is CN(Cc1cccnc1)Cc1cccc(CN)n1. The fraction of sp³-hybridized carbons (Fsp3) is 0.286. The minimum atomic E-state index is 0.486. The van der Waals surface area contributed by atoms with Crippen molar-refractivity contribution < 1.29 is 0 Å². The van der Waals surface area contributed by atoms with Gasteiger partial charge in [-0.2, -0.15) is 0 Å². The van der Waals surface area contributed by atoms with E-state index in [2.05, 4.69) is 28.0 Å². The first kappa shape index (κ1) is 12.7. The summed E-state index contributed by atoms with van der Waals surface area (Å²) < 4.78 is 0. The number of nitrogens with two attached hydrogens (primary N) is 1. The van der Waals surface area contributed by atoms with E-state index in [9.17, 15) is 0 Å². The molecule has 2 aromatic rings. The van der Waals surface area contributed by atoms with Crippen molar-refractivity contribution in [2.75, 3.05) is 7.05 Å². The fourth-order valence-electron chi connectivity index (χ4n) is 1.87. The van der Waals surface area contributed by atoms with Gasteiger partial charge in [0, 0.05) is 32.0 Å². The highest BCUT2D eigenvalue weighted by Gasteiger charge is 2.03. The topological polar surface area (TPSA) is 55.0 Å². The van der Waals surface area contributed by atoms with E-state index in [1.807, 2.05) is 30.5 Å². The largest absolute Gasteiger partial charge is 0.325 e. The van der Waals surface area contributed by atoms with Crippen LogP contribution in [0.1, 0.15) is 17.0 Å². The van der Waals surface area contributed by atoms with E-state index in [1.165, 1.54) is 5.56 Å². The second kappa shape index (κ2) is 6.23. The first-order chi connectivity index (χ1) is 8.78. The van der Waals surface area contributed by atoms with E-state index in [0.717, 1.165) is 24.5 Å². The second-order valence-corrected chi connectivity index (χ2v) is 4.36. The first-order valence-electron chi connectivity index (χ1n) is 6.00. The summed E-state index contributed by atoms with van der Waals surface area (Å²) in [5.74, 6) is 0. The number of pyridine rings is 2. The maximum absolute atomic E-state index is 5.59. The Morgan fingerprint density at radius 3 is 2.67 bits per heavy atom. The van der Waals surface area contributed by atoms with E-state index in [-0.39, 0.29) is 0 Å². The van der Waals surface area contributed by atoms with Crippen LogP contribution in [0.4, 0.5) is 0 Å². The average molecular weight is 242 g/mol. The van der Waals surface area contributed by atoms with Crippen LogP contribution in [0.2, 0.25) is 0 Å². The first-order valence-corrected chi connectivity index (χ1v) is 6.00. The van der Waals surface area contributed by atoms with E-state index >= 15 is 0 Å². The lowest BCUT2D eigenvalue weighted by atomic mass is 10.2. The van der Waals surface area contributed by atoms with Crippen molar-refractivity contribution in [1.82, 2.24) is 14.9 Å². The van der Waals surface area contributed by atoms with Crippen LogP contribution in [0.25, 0.3) is 0 Å². The molecular formula is C14H18N4. The van der Waals surface area contributed by atoms with Crippen LogP contribution in [-0.2, 0) is 19.6 Å². The Morgan fingerprint density at radius 2 is 1.94 bits per heavy atom. The van der Waals surface area contributed by atoms with Gasteiger partial charge in [-0.05, 0) is 30.8 Å². The van der Waals surface area contributed by atoms with Crippen molar-refractivity contribution in [3.05, 3.63) is 59.7 Å². The van der Waals surface area contributed by atoms with Gasteiger partial charge in [0.1, 0.15) is 0 Å². The molecule has 94 valence electrons. The van der Waals surface area contributed by atoms with Crippen molar-refractivity contribution in [3.63, 3.8) is 0 Å². The zero-order chi connectivity index (χ0) is 12.8. The molecule has 0 radical (unpaired) electrons. The third-order valence-electron chi connectivity index (χ3n) is 2.68. The van der Waals surface area contributed by atoms with Crippen LogP contribution >= 0.6 is 0 Å². The van der Waals surface area contributed by atoms with Crippen LogP contribution in [0.15, 0.2) is 42.7 Å². The Morgan fingerprint density at radius 1 is 1.11 bits per heavy atom. The van der Waals surface area contributed by atoms with Gasteiger partial charge in [-0.25, -0.2) is 0 Å². The van der Waals surface area contributed by atoms with Gasteiger partial charge in [-0.1, -0.05) is 12.1 Å². The monoisotopic (exact) mass is 242 g/mol. The van der Waals surface area contributed by atoms with Crippen molar-refractivity contribution >= 4 is 0 Å². The Hall–Kier alpha value is -1.78. The van der Waals surface area contributed by atoms with Crippen LogP contribution < -0.4 is 5.73 Å². The highest BCUT2D eigenvalue weighted by molar-refractivity contribution is 5.12. The third-order valence-corrected chi connectivity index (χ3v) is 2.68. The molecule has 0 fully saturated rings. The summed E-state index contributed by atoms with van der Waals surface area (Å²) in [6.07, 6.45) is 3.68. The van der Waals surface area contributed by atoms with Gasteiger partial charge in [-0.15, -0.1) is 0 Å². The Labute approximate surface area is 107 Å². The summed E-state index contributed by atoms with van der Waals surface area (Å²) >= 11 is 0. The van der Waals surface area contributed by atoms with Gasteiger partial charge >= 0.3 is 0 Å². The lowest BCUT2D eigenvalue weighted by Crippen LogP contribution is -2.18. The van der Waals surface area contributed by atoms with Gasteiger partial charge in [-0.3, -0.25) is 14.9 Å². The molecule has 0 spiro atoms. The van der Waals surface area contributed by atoms with E-state index < -0.39 is 0 Å². The molecule has 2 rings (SSSR count). The van der Waals surface area contributed by atoms with E-state index in [1.54, 1.807) is 6.20 Å². The number of hydrogen-bond acceptors (Lipinski definition) is 4. The molecule has 4 heteroatoms. The van der Waals surface area contributed by atoms with Gasteiger partial charge in [0.2, 0.25) is 0 Å². The summed E-state index contributed by atoms with van der Waals surface area (Å²) in [5.41, 5.74) is 8.77. The van der Waals surface area contributed by atoms with Gasteiger partial charge < -0.3 is 5.73 Å². The van der Waals surface area contributed by atoms with E-state index in [0.29, 0.717) is 6.54 Å².